The van der Waals surface area contributed by atoms with E-state index in [0.717, 1.165) is 22.7 Å². The fourth-order valence-electron chi connectivity index (χ4n) is 1.98. The average molecular weight is 354 g/mol. The summed E-state index contributed by atoms with van der Waals surface area (Å²) in [5, 5.41) is -1.14. The lowest BCUT2D eigenvalue weighted by Gasteiger charge is -2.32. The van der Waals surface area contributed by atoms with E-state index in [4.69, 9.17) is 5.73 Å². The summed E-state index contributed by atoms with van der Waals surface area (Å²) >= 11 is 1.37. The van der Waals surface area contributed by atoms with Crippen molar-refractivity contribution in [1.29, 1.82) is 0 Å². The van der Waals surface area contributed by atoms with E-state index in [-0.39, 0.29) is 22.9 Å². The maximum Gasteiger partial charge on any atom is 0.244 e. The Hall–Kier alpha value is -0.840. The third-order valence-electron chi connectivity index (χ3n) is 3.11. The molecular formula is C11H15FN2O4S3. The Balaban J connectivity index is 2.48. The van der Waals surface area contributed by atoms with Crippen LogP contribution in [-0.2, 0) is 19.9 Å². The number of thioether (sulfide) groups is 1. The summed E-state index contributed by atoms with van der Waals surface area (Å²) in [4.78, 5) is -0.297. The number of nitrogens with zero attached hydrogens (tertiary/aromatic N) is 1. The topological polar surface area (TPSA) is 97.5 Å². The highest BCUT2D eigenvalue weighted by molar-refractivity contribution is 8.01. The van der Waals surface area contributed by atoms with E-state index in [2.05, 4.69) is 0 Å². The molecule has 0 saturated carbocycles. The molecule has 0 aliphatic carbocycles. The van der Waals surface area contributed by atoms with Gasteiger partial charge in [-0.3, -0.25) is 0 Å². The van der Waals surface area contributed by atoms with Crippen LogP contribution in [0.1, 0.15) is 0 Å². The van der Waals surface area contributed by atoms with Gasteiger partial charge in [-0.05, 0) is 18.2 Å². The van der Waals surface area contributed by atoms with Crippen molar-refractivity contribution in [2.75, 3.05) is 30.0 Å². The molecule has 1 aromatic carbocycles. The molecule has 1 heterocycles. The number of halogens is 1. The number of rotatable bonds is 3. The summed E-state index contributed by atoms with van der Waals surface area (Å²) in [6.45, 7) is 0.0662. The van der Waals surface area contributed by atoms with Gasteiger partial charge < -0.3 is 5.73 Å². The maximum atomic E-state index is 13.5. The highest BCUT2D eigenvalue weighted by Crippen LogP contribution is 2.28. The highest BCUT2D eigenvalue weighted by atomic mass is 32.2. The van der Waals surface area contributed by atoms with Crippen molar-refractivity contribution < 1.29 is 21.2 Å². The standard InChI is InChI=1S/C11H15FN2O4S3/c1-20(15,16)11-7-19-5-4-14(11)21(17,18)8-2-3-10(13)9(12)6-8/h2-3,6,11H,4-5,7,13H2,1H3. The third-order valence-corrected chi connectivity index (χ3v) is 7.79. The number of hydrogen-bond donors (Lipinski definition) is 1. The maximum absolute atomic E-state index is 13.5. The number of sulfonamides is 1. The zero-order valence-electron chi connectivity index (χ0n) is 11.2. The number of benzene rings is 1. The summed E-state index contributed by atoms with van der Waals surface area (Å²) in [6.07, 6.45) is 0.996. The molecule has 2 N–H and O–H groups in total. The van der Waals surface area contributed by atoms with Crippen molar-refractivity contribution >= 4 is 37.3 Å². The molecule has 21 heavy (non-hydrogen) atoms. The van der Waals surface area contributed by atoms with E-state index in [1.807, 2.05) is 0 Å². The molecule has 1 aliphatic rings. The number of anilines is 1. The van der Waals surface area contributed by atoms with Gasteiger partial charge in [0.25, 0.3) is 0 Å². The second-order valence-electron chi connectivity index (χ2n) is 4.66. The predicted molar refractivity (Wildman–Crippen MR) is 80.7 cm³/mol. The van der Waals surface area contributed by atoms with Gasteiger partial charge in [-0.2, -0.15) is 16.1 Å². The SMILES string of the molecule is CS(=O)(=O)C1CSCCN1S(=O)(=O)c1ccc(N)c(F)c1. The minimum absolute atomic E-state index is 0.0662. The van der Waals surface area contributed by atoms with E-state index < -0.39 is 31.1 Å². The molecule has 118 valence electrons. The molecule has 0 aromatic heterocycles. The monoisotopic (exact) mass is 354 g/mol. The van der Waals surface area contributed by atoms with Crippen LogP contribution < -0.4 is 5.73 Å². The second kappa shape index (κ2) is 5.75. The predicted octanol–water partition coefficient (Wildman–Crippen LogP) is 0.516. The van der Waals surface area contributed by atoms with Gasteiger partial charge in [0.05, 0.1) is 10.6 Å². The van der Waals surface area contributed by atoms with Crippen molar-refractivity contribution in [3.63, 3.8) is 0 Å². The summed E-state index contributed by atoms with van der Waals surface area (Å²) in [5.74, 6) is -0.198. The number of nitrogen functional groups attached to an aromatic ring is 1. The molecule has 1 aromatic rings. The number of nitrogens with two attached hydrogens (primary N) is 1. The fourth-order valence-corrected chi connectivity index (χ4v) is 7.16. The minimum Gasteiger partial charge on any atom is -0.396 e. The molecule has 0 spiro atoms. The summed E-state index contributed by atoms with van der Waals surface area (Å²) in [5.41, 5.74) is 5.16. The average Bonchev–Trinajstić information content (AvgIpc) is 2.41. The van der Waals surface area contributed by atoms with Crippen LogP contribution in [0, 0.1) is 5.82 Å². The normalized spacial score (nSPS) is 21.3. The van der Waals surface area contributed by atoms with Gasteiger partial charge >= 0.3 is 0 Å². The van der Waals surface area contributed by atoms with Crippen LogP contribution in [0.4, 0.5) is 10.1 Å². The minimum atomic E-state index is -4.09. The molecule has 2 rings (SSSR count). The molecule has 10 heteroatoms. The summed E-state index contributed by atoms with van der Waals surface area (Å²) < 4.78 is 63.1. The van der Waals surface area contributed by atoms with E-state index in [1.165, 1.54) is 17.8 Å². The van der Waals surface area contributed by atoms with E-state index in [9.17, 15) is 21.2 Å². The van der Waals surface area contributed by atoms with Gasteiger partial charge in [-0.15, -0.1) is 0 Å². The first-order valence-electron chi connectivity index (χ1n) is 5.97. The van der Waals surface area contributed by atoms with Crippen molar-refractivity contribution in [3.05, 3.63) is 24.0 Å². The van der Waals surface area contributed by atoms with Gasteiger partial charge in [0, 0.05) is 24.3 Å². The zero-order chi connectivity index (χ0) is 15.8. The van der Waals surface area contributed by atoms with Gasteiger partial charge in [-0.1, -0.05) is 0 Å². The van der Waals surface area contributed by atoms with Gasteiger partial charge in [0.1, 0.15) is 11.2 Å². The molecule has 1 fully saturated rings. The Labute approximate surface area is 127 Å². The van der Waals surface area contributed by atoms with Gasteiger partial charge in [-0.25, -0.2) is 21.2 Å². The van der Waals surface area contributed by atoms with E-state index >= 15 is 0 Å². The molecule has 0 bridgehead atoms. The van der Waals surface area contributed by atoms with Crippen LogP contribution in [0.3, 0.4) is 0 Å². The number of sulfone groups is 1. The van der Waals surface area contributed by atoms with Crippen LogP contribution in [0.25, 0.3) is 0 Å². The summed E-state index contributed by atoms with van der Waals surface area (Å²) in [7, 11) is -7.67. The fraction of sp³-hybridized carbons (Fsp3) is 0.455. The molecule has 0 amide bonds. The molecule has 1 saturated heterocycles. The molecule has 1 aliphatic heterocycles. The quantitative estimate of drug-likeness (QED) is 0.795. The van der Waals surface area contributed by atoms with Crippen molar-refractivity contribution in [1.82, 2.24) is 4.31 Å². The molecule has 1 atom stereocenters. The zero-order valence-corrected chi connectivity index (χ0v) is 13.6. The highest BCUT2D eigenvalue weighted by Gasteiger charge is 2.39. The molecule has 6 nitrogen and oxygen atoms in total. The van der Waals surface area contributed by atoms with E-state index in [1.54, 1.807) is 0 Å². The van der Waals surface area contributed by atoms with Crippen molar-refractivity contribution in [2.45, 2.75) is 10.3 Å². The largest absolute Gasteiger partial charge is 0.396 e. The Kier molecular flexibility index (Phi) is 4.52. The van der Waals surface area contributed by atoms with Crippen LogP contribution >= 0.6 is 11.8 Å². The lowest BCUT2D eigenvalue weighted by atomic mass is 10.3. The lowest BCUT2D eigenvalue weighted by Crippen LogP contribution is -2.49. The van der Waals surface area contributed by atoms with Crippen molar-refractivity contribution in [2.24, 2.45) is 0 Å². The van der Waals surface area contributed by atoms with Gasteiger partial charge in [0.15, 0.2) is 9.84 Å². The Morgan fingerprint density at radius 3 is 2.57 bits per heavy atom. The summed E-state index contributed by atoms with van der Waals surface area (Å²) in [6, 6.07) is 3.14. The Morgan fingerprint density at radius 2 is 2.00 bits per heavy atom. The Morgan fingerprint density at radius 1 is 1.33 bits per heavy atom. The van der Waals surface area contributed by atoms with Crippen LogP contribution in [0.5, 0.6) is 0 Å². The first kappa shape index (κ1) is 16.5. The first-order valence-corrected chi connectivity index (χ1v) is 10.5. The first-order chi connectivity index (χ1) is 9.64. The molecular weight excluding hydrogens is 339 g/mol. The van der Waals surface area contributed by atoms with Crippen LogP contribution in [-0.4, -0.2) is 50.8 Å². The molecule has 1 unspecified atom stereocenters. The smallest absolute Gasteiger partial charge is 0.244 e. The third kappa shape index (κ3) is 3.33. The van der Waals surface area contributed by atoms with Crippen molar-refractivity contribution in [3.8, 4) is 0 Å². The second-order valence-corrected chi connectivity index (χ2v) is 9.90. The number of hydrogen-bond acceptors (Lipinski definition) is 6. The van der Waals surface area contributed by atoms with Crippen LogP contribution in [0.2, 0.25) is 0 Å². The lowest BCUT2D eigenvalue weighted by molar-refractivity contribution is 0.404. The van der Waals surface area contributed by atoms with Gasteiger partial charge in [0.2, 0.25) is 10.0 Å². The van der Waals surface area contributed by atoms with Crippen LogP contribution in [0.15, 0.2) is 23.1 Å². The Bertz CT molecular complexity index is 749. The molecule has 0 radical (unpaired) electrons. The van der Waals surface area contributed by atoms with E-state index in [0.29, 0.717) is 5.75 Å².